The van der Waals surface area contributed by atoms with Crippen LogP contribution in [-0.2, 0) is 0 Å². The Morgan fingerprint density at radius 1 is 1.45 bits per heavy atom. The summed E-state index contributed by atoms with van der Waals surface area (Å²) in [6.07, 6.45) is 8.73. The van der Waals surface area contributed by atoms with E-state index in [1.807, 2.05) is 6.08 Å². The highest BCUT2D eigenvalue weighted by atomic mass is 13.9. The van der Waals surface area contributed by atoms with Crippen LogP contribution in [0.15, 0.2) is 30.0 Å². The van der Waals surface area contributed by atoms with E-state index in [4.69, 9.17) is 0 Å². The molecule has 0 unspecified atom stereocenters. The van der Waals surface area contributed by atoms with E-state index in [1.165, 1.54) is 31.3 Å². The third-order valence-electron chi connectivity index (χ3n) is 1.60. The molecule has 0 nitrogen and oxygen atoms in total. The van der Waals surface area contributed by atoms with E-state index in [9.17, 15) is 0 Å². The molecule has 0 bridgehead atoms. The molecular weight excluding hydrogens is 132 g/mol. The van der Waals surface area contributed by atoms with Crippen molar-refractivity contribution in [3.8, 4) is 0 Å². The summed E-state index contributed by atoms with van der Waals surface area (Å²) in [4.78, 5) is 0. The van der Waals surface area contributed by atoms with Crippen molar-refractivity contribution < 1.29 is 0 Å². The molecule has 0 amide bonds. The van der Waals surface area contributed by atoms with Crippen LogP contribution in [0.5, 0.6) is 0 Å². The molecule has 0 aliphatic heterocycles. The molecule has 11 heavy (non-hydrogen) atoms. The Bertz CT molecular complexity index is 157. The van der Waals surface area contributed by atoms with Crippen molar-refractivity contribution in [3.05, 3.63) is 30.0 Å². The van der Waals surface area contributed by atoms with Gasteiger partial charge in [0.2, 0.25) is 0 Å². The molecule has 0 atom stereocenters. The van der Waals surface area contributed by atoms with E-state index in [-0.39, 0.29) is 0 Å². The lowest BCUT2D eigenvalue weighted by Crippen LogP contribution is -1.76. The lowest BCUT2D eigenvalue weighted by Gasteiger charge is -1.95. The summed E-state index contributed by atoms with van der Waals surface area (Å²) in [5.74, 6) is 0. The van der Waals surface area contributed by atoms with Gasteiger partial charge >= 0.3 is 0 Å². The first-order valence-corrected chi connectivity index (χ1v) is 4.34. The standard InChI is InChI=1S/C11H18/c1-4-6-8-10-11(3)9-7-5-2/h5,7H,2,4,6,8,10H2,1,3H3. The second-order valence-electron chi connectivity index (χ2n) is 2.78. The van der Waals surface area contributed by atoms with Crippen LogP contribution < -0.4 is 0 Å². The lowest BCUT2D eigenvalue weighted by atomic mass is 10.1. The van der Waals surface area contributed by atoms with Crippen LogP contribution in [0.3, 0.4) is 0 Å². The third-order valence-corrected chi connectivity index (χ3v) is 1.60. The molecule has 0 saturated heterocycles. The van der Waals surface area contributed by atoms with Crippen LogP contribution in [0.25, 0.3) is 0 Å². The predicted molar refractivity (Wildman–Crippen MR) is 51.6 cm³/mol. The molecule has 0 aromatic carbocycles. The number of rotatable bonds is 5. The highest BCUT2D eigenvalue weighted by Gasteiger charge is 1.86. The maximum Gasteiger partial charge on any atom is -0.0206 e. The molecule has 0 aliphatic carbocycles. The smallest absolute Gasteiger partial charge is 0.0206 e. The summed E-state index contributed by atoms with van der Waals surface area (Å²) in [7, 11) is 0. The average Bonchev–Trinajstić information content (AvgIpc) is 2.01. The van der Waals surface area contributed by atoms with Crippen LogP contribution in [-0.4, -0.2) is 0 Å². The van der Waals surface area contributed by atoms with Gasteiger partial charge in [0.05, 0.1) is 0 Å². The van der Waals surface area contributed by atoms with Gasteiger partial charge < -0.3 is 0 Å². The van der Waals surface area contributed by atoms with Crippen LogP contribution in [0.4, 0.5) is 0 Å². The van der Waals surface area contributed by atoms with Gasteiger partial charge in [-0.15, -0.1) is 5.73 Å². The van der Waals surface area contributed by atoms with Crippen molar-refractivity contribution >= 4 is 0 Å². The van der Waals surface area contributed by atoms with Crippen molar-refractivity contribution in [2.75, 3.05) is 0 Å². The summed E-state index contributed by atoms with van der Waals surface area (Å²) < 4.78 is 0. The van der Waals surface area contributed by atoms with E-state index in [0.29, 0.717) is 0 Å². The van der Waals surface area contributed by atoms with Gasteiger partial charge in [0, 0.05) is 0 Å². The molecule has 0 heterocycles. The minimum atomic E-state index is 1.18. The van der Waals surface area contributed by atoms with Gasteiger partial charge in [0.1, 0.15) is 0 Å². The number of hydrogen-bond acceptors (Lipinski definition) is 0. The summed E-state index contributed by atoms with van der Waals surface area (Å²) in [5.41, 5.74) is 4.50. The van der Waals surface area contributed by atoms with Gasteiger partial charge in [-0.25, -0.2) is 0 Å². The zero-order valence-corrected chi connectivity index (χ0v) is 7.69. The van der Waals surface area contributed by atoms with Gasteiger partial charge in [-0.3, -0.25) is 0 Å². The summed E-state index contributed by atoms with van der Waals surface area (Å²) >= 11 is 0. The highest BCUT2D eigenvalue weighted by Crippen LogP contribution is 2.06. The lowest BCUT2D eigenvalue weighted by molar-refractivity contribution is 0.714. The largest absolute Gasteiger partial charge is 0.122 e. The molecule has 0 rings (SSSR count). The molecule has 0 radical (unpaired) electrons. The molecule has 0 spiro atoms. The molecule has 0 aromatic rings. The monoisotopic (exact) mass is 150 g/mol. The Morgan fingerprint density at radius 2 is 2.18 bits per heavy atom. The van der Waals surface area contributed by atoms with Gasteiger partial charge in [0.15, 0.2) is 0 Å². The quantitative estimate of drug-likeness (QED) is 0.317. The maximum absolute atomic E-state index is 3.60. The number of unbranched alkanes of at least 4 members (excludes halogenated alkanes) is 2. The summed E-state index contributed by atoms with van der Waals surface area (Å²) in [5, 5.41) is 0. The van der Waals surface area contributed by atoms with E-state index in [2.05, 4.69) is 26.2 Å². The van der Waals surface area contributed by atoms with E-state index < -0.39 is 0 Å². The number of allylic oxidation sites excluding steroid dienone is 2. The molecule has 0 aliphatic rings. The zero-order chi connectivity index (χ0) is 8.53. The van der Waals surface area contributed by atoms with Crippen molar-refractivity contribution in [1.29, 1.82) is 0 Å². The van der Waals surface area contributed by atoms with Crippen LogP contribution in [0, 0.1) is 0 Å². The zero-order valence-electron chi connectivity index (χ0n) is 7.69. The molecule has 62 valence electrons. The first-order chi connectivity index (χ1) is 5.31. The fourth-order valence-corrected chi connectivity index (χ4v) is 0.914. The second-order valence-corrected chi connectivity index (χ2v) is 2.78. The Kier molecular flexibility index (Phi) is 6.87. The molecule has 0 fully saturated rings. The van der Waals surface area contributed by atoms with Crippen molar-refractivity contribution in [2.24, 2.45) is 0 Å². The Hall–Kier alpha value is -0.740. The normalized spacial score (nSPS) is 8.55. The Balaban J connectivity index is 3.59. The molecular formula is C11H18. The van der Waals surface area contributed by atoms with Crippen LogP contribution in [0.1, 0.15) is 39.5 Å². The topological polar surface area (TPSA) is 0 Å². The van der Waals surface area contributed by atoms with Gasteiger partial charge in [-0.2, -0.15) is 0 Å². The van der Waals surface area contributed by atoms with Gasteiger partial charge in [-0.1, -0.05) is 32.4 Å². The fraction of sp³-hybridized carbons (Fsp3) is 0.545. The second kappa shape index (κ2) is 7.37. The maximum atomic E-state index is 3.60. The van der Waals surface area contributed by atoms with E-state index >= 15 is 0 Å². The van der Waals surface area contributed by atoms with Crippen molar-refractivity contribution in [2.45, 2.75) is 39.5 Å². The minimum Gasteiger partial charge on any atom is -0.122 e. The first kappa shape index (κ1) is 10.3. The van der Waals surface area contributed by atoms with E-state index in [0.717, 1.165) is 0 Å². The minimum absolute atomic E-state index is 1.18. The van der Waals surface area contributed by atoms with E-state index in [1.54, 1.807) is 6.08 Å². The summed E-state index contributed by atoms with van der Waals surface area (Å²) in [6.45, 7) is 7.94. The van der Waals surface area contributed by atoms with Gasteiger partial charge in [0.25, 0.3) is 0 Å². The molecule has 0 N–H and O–H groups in total. The predicted octanol–water partition coefficient (Wildman–Crippen LogP) is 3.85. The SMILES string of the molecule is C=CC=C=C(C)CCCCC. The van der Waals surface area contributed by atoms with Gasteiger partial charge in [-0.05, 0) is 31.4 Å². The fourth-order valence-electron chi connectivity index (χ4n) is 0.914. The summed E-state index contributed by atoms with van der Waals surface area (Å²) in [6, 6.07) is 0. The number of hydrogen-bond donors (Lipinski definition) is 0. The highest BCUT2D eigenvalue weighted by molar-refractivity contribution is 5.04. The Labute approximate surface area is 70.3 Å². The van der Waals surface area contributed by atoms with Crippen LogP contribution >= 0.6 is 0 Å². The average molecular weight is 150 g/mol. The van der Waals surface area contributed by atoms with Crippen molar-refractivity contribution in [1.82, 2.24) is 0 Å². The van der Waals surface area contributed by atoms with Crippen LogP contribution in [0.2, 0.25) is 0 Å². The Morgan fingerprint density at radius 3 is 2.73 bits per heavy atom. The molecule has 0 aromatic heterocycles. The molecule has 0 saturated carbocycles. The van der Waals surface area contributed by atoms with Crippen molar-refractivity contribution in [3.63, 3.8) is 0 Å². The molecule has 0 heteroatoms. The first-order valence-electron chi connectivity index (χ1n) is 4.34. The third kappa shape index (κ3) is 7.15.